The minimum absolute atomic E-state index is 0.0310. The summed E-state index contributed by atoms with van der Waals surface area (Å²) in [4.78, 5) is 62.7. The second-order valence-electron chi connectivity index (χ2n) is 13.7. The fourth-order valence-corrected chi connectivity index (χ4v) is 4.60. The molecule has 11 nitrogen and oxygen atoms in total. The zero-order chi connectivity index (χ0) is 33.2. The summed E-state index contributed by atoms with van der Waals surface area (Å²) >= 11 is 0. The van der Waals surface area contributed by atoms with Crippen molar-refractivity contribution < 1.29 is 28.7 Å². The van der Waals surface area contributed by atoms with Gasteiger partial charge in [-0.1, -0.05) is 54.9 Å². The summed E-state index contributed by atoms with van der Waals surface area (Å²) in [7, 11) is 0. The third-order valence-electron chi connectivity index (χ3n) is 6.53. The van der Waals surface area contributed by atoms with Crippen LogP contribution in [0.25, 0.3) is 0 Å². The van der Waals surface area contributed by atoms with E-state index in [-0.39, 0.29) is 60.9 Å². The number of amides is 5. The van der Waals surface area contributed by atoms with Crippen LogP contribution in [0, 0.1) is 17.8 Å². The molecule has 0 rings (SSSR count). The van der Waals surface area contributed by atoms with Crippen LogP contribution in [0.2, 0.25) is 0 Å². The zero-order valence-corrected chi connectivity index (χ0v) is 28.5. The van der Waals surface area contributed by atoms with E-state index in [1.807, 2.05) is 27.7 Å². The maximum absolute atomic E-state index is 12.7. The SMILES string of the molecule is CCCCNC(=O)[C@@H](NC(=O)CCC[C@H](CC(C)C)NC(=O)CNC(=O)C[C@H](CC(C)C)NC(=O)OC(C)(C)C)C(C)C. The number of hydrogen-bond donors (Lipinski definition) is 5. The fourth-order valence-electron chi connectivity index (χ4n) is 4.60. The lowest BCUT2D eigenvalue weighted by atomic mass is 9.98. The maximum Gasteiger partial charge on any atom is 0.407 e. The van der Waals surface area contributed by atoms with Crippen molar-refractivity contribution in [2.45, 2.75) is 144 Å². The van der Waals surface area contributed by atoms with E-state index in [1.54, 1.807) is 20.8 Å². The van der Waals surface area contributed by atoms with E-state index < -0.39 is 23.8 Å². The van der Waals surface area contributed by atoms with Gasteiger partial charge in [-0.05, 0) is 70.6 Å². The minimum atomic E-state index is -0.649. The third-order valence-corrected chi connectivity index (χ3v) is 6.53. The molecule has 0 saturated carbocycles. The standard InChI is InChI=1S/C32H61N5O6/c1-11-12-16-33-30(41)29(23(6)7)37-26(38)15-13-14-24(17-21(2)3)35-28(40)20-34-27(39)19-25(18-22(4)5)36-31(42)43-32(8,9)10/h21-25,29H,11-20H2,1-10H3,(H,33,41)(H,34,39)(H,35,40)(H,36,42)(H,37,38)/t24-,25+,29+/m1/s1. The highest BCUT2D eigenvalue weighted by Gasteiger charge is 2.25. The van der Waals surface area contributed by atoms with Gasteiger partial charge in [0.25, 0.3) is 0 Å². The highest BCUT2D eigenvalue weighted by atomic mass is 16.6. The van der Waals surface area contributed by atoms with E-state index >= 15 is 0 Å². The van der Waals surface area contributed by atoms with Gasteiger partial charge in [0.15, 0.2) is 0 Å². The van der Waals surface area contributed by atoms with Crippen LogP contribution in [-0.4, -0.2) is 66.5 Å². The van der Waals surface area contributed by atoms with Crippen molar-refractivity contribution in [2.24, 2.45) is 17.8 Å². The quantitative estimate of drug-likeness (QED) is 0.130. The first-order chi connectivity index (χ1) is 19.9. The van der Waals surface area contributed by atoms with Crippen LogP contribution in [0.5, 0.6) is 0 Å². The number of carbonyl (C=O) groups excluding carboxylic acids is 5. The maximum atomic E-state index is 12.7. The van der Waals surface area contributed by atoms with Crippen LogP contribution in [0.15, 0.2) is 0 Å². The summed E-state index contributed by atoms with van der Waals surface area (Å²) in [6.45, 7) is 19.7. The van der Waals surface area contributed by atoms with Crippen molar-refractivity contribution in [2.75, 3.05) is 13.1 Å². The van der Waals surface area contributed by atoms with Crippen molar-refractivity contribution in [3.63, 3.8) is 0 Å². The molecule has 11 heteroatoms. The predicted octanol–water partition coefficient (Wildman–Crippen LogP) is 4.19. The molecule has 0 aliphatic rings. The molecule has 0 heterocycles. The zero-order valence-electron chi connectivity index (χ0n) is 28.5. The average molecular weight is 612 g/mol. The van der Waals surface area contributed by atoms with E-state index in [9.17, 15) is 24.0 Å². The van der Waals surface area contributed by atoms with Crippen LogP contribution in [0.1, 0.15) is 121 Å². The third kappa shape index (κ3) is 21.5. The van der Waals surface area contributed by atoms with Gasteiger partial charge in [0, 0.05) is 31.5 Å². The number of unbranched alkanes of at least 4 members (excludes halogenated alkanes) is 1. The van der Waals surface area contributed by atoms with E-state index in [4.69, 9.17) is 4.74 Å². The van der Waals surface area contributed by atoms with Gasteiger partial charge in [-0.15, -0.1) is 0 Å². The Hall–Kier alpha value is -2.85. The van der Waals surface area contributed by atoms with Gasteiger partial charge >= 0.3 is 6.09 Å². The Morgan fingerprint density at radius 3 is 1.86 bits per heavy atom. The molecule has 0 aliphatic carbocycles. The van der Waals surface area contributed by atoms with Crippen LogP contribution in [0.4, 0.5) is 4.79 Å². The Bertz CT molecular complexity index is 869. The smallest absolute Gasteiger partial charge is 0.407 e. The topological polar surface area (TPSA) is 155 Å². The molecule has 43 heavy (non-hydrogen) atoms. The molecule has 0 aliphatic heterocycles. The lowest BCUT2D eigenvalue weighted by molar-refractivity contribution is -0.130. The highest BCUT2D eigenvalue weighted by molar-refractivity contribution is 5.88. The largest absolute Gasteiger partial charge is 0.444 e. The molecule has 0 bridgehead atoms. The number of hydrogen-bond acceptors (Lipinski definition) is 6. The first-order valence-electron chi connectivity index (χ1n) is 16.1. The van der Waals surface area contributed by atoms with Gasteiger partial charge in [0.05, 0.1) is 6.54 Å². The Kier molecular flexibility index (Phi) is 19.6. The highest BCUT2D eigenvalue weighted by Crippen LogP contribution is 2.13. The van der Waals surface area contributed by atoms with Gasteiger partial charge in [0.2, 0.25) is 23.6 Å². The summed E-state index contributed by atoms with van der Waals surface area (Å²) in [6.07, 6.45) is 4.02. The fraction of sp³-hybridized carbons (Fsp3) is 0.844. The van der Waals surface area contributed by atoms with Crippen LogP contribution < -0.4 is 26.6 Å². The minimum Gasteiger partial charge on any atom is -0.444 e. The van der Waals surface area contributed by atoms with E-state index in [0.717, 1.165) is 19.3 Å². The summed E-state index contributed by atoms with van der Waals surface area (Å²) in [5, 5.41) is 14.2. The Balaban J connectivity index is 4.85. The molecule has 0 unspecified atom stereocenters. The second-order valence-corrected chi connectivity index (χ2v) is 13.7. The van der Waals surface area contributed by atoms with Crippen molar-refractivity contribution in [3.05, 3.63) is 0 Å². The molecule has 0 aromatic rings. The summed E-state index contributed by atoms with van der Waals surface area (Å²) in [5.41, 5.74) is -0.649. The number of ether oxygens (including phenoxy) is 1. The van der Waals surface area contributed by atoms with Crippen molar-refractivity contribution >= 4 is 29.7 Å². The van der Waals surface area contributed by atoms with Crippen molar-refractivity contribution in [1.82, 2.24) is 26.6 Å². The predicted molar refractivity (Wildman–Crippen MR) is 170 cm³/mol. The van der Waals surface area contributed by atoms with Crippen LogP contribution >= 0.6 is 0 Å². The Morgan fingerprint density at radius 2 is 1.33 bits per heavy atom. The summed E-state index contributed by atoms with van der Waals surface area (Å²) in [6, 6.07) is -1.16. The Morgan fingerprint density at radius 1 is 0.721 bits per heavy atom. The van der Waals surface area contributed by atoms with Gasteiger partial charge in [-0.2, -0.15) is 0 Å². The van der Waals surface area contributed by atoms with Crippen molar-refractivity contribution in [1.29, 1.82) is 0 Å². The van der Waals surface area contributed by atoms with Gasteiger partial charge in [-0.25, -0.2) is 4.79 Å². The van der Waals surface area contributed by atoms with Crippen LogP contribution in [-0.2, 0) is 23.9 Å². The number of carbonyl (C=O) groups is 5. The normalized spacial score (nSPS) is 13.7. The molecule has 0 fully saturated rings. The molecule has 0 spiro atoms. The summed E-state index contributed by atoms with van der Waals surface area (Å²) in [5.74, 6) is -0.486. The molecule has 250 valence electrons. The number of nitrogens with one attached hydrogen (secondary N) is 5. The van der Waals surface area contributed by atoms with Gasteiger partial charge in [-0.3, -0.25) is 19.2 Å². The van der Waals surface area contributed by atoms with E-state index in [0.29, 0.717) is 31.7 Å². The molecular formula is C32H61N5O6. The Labute approximate surface area is 260 Å². The van der Waals surface area contributed by atoms with Crippen molar-refractivity contribution in [3.8, 4) is 0 Å². The van der Waals surface area contributed by atoms with Gasteiger partial charge < -0.3 is 31.3 Å². The van der Waals surface area contributed by atoms with E-state index in [1.165, 1.54) is 0 Å². The lowest BCUT2D eigenvalue weighted by Gasteiger charge is -2.24. The average Bonchev–Trinajstić information content (AvgIpc) is 2.83. The van der Waals surface area contributed by atoms with E-state index in [2.05, 4.69) is 47.4 Å². The second kappa shape index (κ2) is 21.0. The first-order valence-corrected chi connectivity index (χ1v) is 16.1. The molecule has 0 aromatic heterocycles. The number of alkyl carbamates (subject to hydrolysis) is 1. The first kappa shape index (κ1) is 40.1. The molecule has 0 saturated heterocycles. The molecule has 3 atom stereocenters. The van der Waals surface area contributed by atoms with Crippen LogP contribution in [0.3, 0.4) is 0 Å². The summed E-state index contributed by atoms with van der Waals surface area (Å²) < 4.78 is 5.32. The van der Waals surface area contributed by atoms with Gasteiger partial charge in [0.1, 0.15) is 11.6 Å². The molecule has 5 N–H and O–H groups in total. The molecule has 5 amide bonds. The monoisotopic (exact) mass is 611 g/mol. The number of rotatable bonds is 20. The molecular weight excluding hydrogens is 550 g/mol. The molecule has 0 radical (unpaired) electrons. The molecule has 0 aromatic carbocycles. The lowest BCUT2D eigenvalue weighted by Crippen LogP contribution is -2.49.